The van der Waals surface area contributed by atoms with E-state index >= 15 is 0 Å². The molecule has 2 rings (SSSR count). The third-order valence-electron chi connectivity index (χ3n) is 2.04. The van der Waals surface area contributed by atoms with E-state index in [0.29, 0.717) is 0 Å². The highest BCUT2D eigenvalue weighted by Gasteiger charge is 2.25. The maximum Gasteiger partial charge on any atom is 0.355 e. The van der Waals surface area contributed by atoms with Gasteiger partial charge in [-0.3, -0.25) is 4.40 Å². The molecule has 0 fully saturated rings. The van der Waals surface area contributed by atoms with Crippen LogP contribution in [-0.4, -0.2) is 20.5 Å². The second-order valence-corrected chi connectivity index (χ2v) is 3.41. The van der Waals surface area contributed by atoms with Gasteiger partial charge < -0.3 is 5.11 Å². The Labute approximate surface area is 93.1 Å². The van der Waals surface area contributed by atoms with Gasteiger partial charge >= 0.3 is 5.97 Å². The van der Waals surface area contributed by atoms with Gasteiger partial charge in [0.1, 0.15) is 5.69 Å². The number of carbonyl (C=O) groups is 1. The van der Waals surface area contributed by atoms with Crippen molar-refractivity contribution in [3.05, 3.63) is 34.7 Å². The molecule has 0 aliphatic carbocycles. The number of rotatable bonds is 2. The zero-order valence-corrected chi connectivity index (χ0v) is 8.45. The number of halogens is 3. The van der Waals surface area contributed by atoms with Gasteiger partial charge in [0, 0.05) is 6.20 Å². The van der Waals surface area contributed by atoms with Crippen LogP contribution in [0.4, 0.5) is 8.78 Å². The second kappa shape index (κ2) is 3.71. The summed E-state index contributed by atoms with van der Waals surface area (Å²) >= 11 is 5.73. The Morgan fingerprint density at radius 2 is 2.25 bits per heavy atom. The van der Waals surface area contributed by atoms with Crippen molar-refractivity contribution in [1.29, 1.82) is 0 Å². The summed E-state index contributed by atoms with van der Waals surface area (Å²) in [5, 5.41) is 8.98. The first-order valence-electron chi connectivity index (χ1n) is 4.20. The third kappa shape index (κ3) is 1.51. The first-order valence-corrected chi connectivity index (χ1v) is 4.58. The van der Waals surface area contributed by atoms with Crippen molar-refractivity contribution < 1.29 is 18.7 Å². The van der Waals surface area contributed by atoms with Crippen molar-refractivity contribution >= 4 is 23.2 Å². The van der Waals surface area contributed by atoms with E-state index in [9.17, 15) is 13.6 Å². The van der Waals surface area contributed by atoms with Gasteiger partial charge in [0.2, 0.25) is 0 Å². The molecule has 84 valence electrons. The lowest BCUT2D eigenvalue weighted by molar-refractivity contribution is 0.0675. The van der Waals surface area contributed by atoms with E-state index in [1.54, 1.807) is 0 Å². The van der Waals surface area contributed by atoms with Gasteiger partial charge in [0.15, 0.2) is 11.3 Å². The van der Waals surface area contributed by atoms with E-state index < -0.39 is 23.8 Å². The highest BCUT2D eigenvalue weighted by Crippen LogP contribution is 2.26. The standard InChI is InChI=1S/C9H5ClF2N2O2/c10-4-2-1-3-14-6(9(15)16)5(7(11)12)13-8(4)14/h1-3,7H,(H,15,16). The zero-order valence-electron chi connectivity index (χ0n) is 7.69. The van der Waals surface area contributed by atoms with Crippen LogP contribution in [-0.2, 0) is 0 Å². The highest BCUT2D eigenvalue weighted by molar-refractivity contribution is 6.33. The molecule has 1 N–H and O–H groups in total. The van der Waals surface area contributed by atoms with Crippen molar-refractivity contribution in [3.63, 3.8) is 0 Å². The van der Waals surface area contributed by atoms with Crippen molar-refractivity contribution in [2.45, 2.75) is 6.43 Å². The topological polar surface area (TPSA) is 54.6 Å². The number of aromatic carboxylic acids is 1. The number of aromatic nitrogens is 2. The van der Waals surface area contributed by atoms with Crippen molar-refractivity contribution in [2.75, 3.05) is 0 Å². The Bertz CT molecular complexity index is 568. The van der Waals surface area contributed by atoms with Crippen LogP contribution in [0.15, 0.2) is 18.3 Å². The van der Waals surface area contributed by atoms with Gasteiger partial charge in [-0.05, 0) is 12.1 Å². The van der Waals surface area contributed by atoms with Crippen LogP contribution in [0, 0.1) is 0 Å². The maximum atomic E-state index is 12.6. The fourth-order valence-corrected chi connectivity index (χ4v) is 1.62. The monoisotopic (exact) mass is 246 g/mol. The third-order valence-corrected chi connectivity index (χ3v) is 2.33. The fraction of sp³-hybridized carbons (Fsp3) is 0.111. The quantitative estimate of drug-likeness (QED) is 0.886. The SMILES string of the molecule is O=C(O)c1c(C(F)F)nc2c(Cl)cccn12. The van der Waals surface area contributed by atoms with E-state index in [2.05, 4.69) is 4.98 Å². The number of fused-ring (bicyclic) bond motifs is 1. The van der Waals surface area contributed by atoms with Crippen LogP contribution in [0.2, 0.25) is 5.02 Å². The summed E-state index contributed by atoms with van der Waals surface area (Å²) in [7, 11) is 0. The van der Waals surface area contributed by atoms with Gasteiger partial charge in [-0.2, -0.15) is 0 Å². The summed E-state index contributed by atoms with van der Waals surface area (Å²) in [5.74, 6) is -1.47. The Kier molecular flexibility index (Phi) is 2.51. The molecule has 0 bridgehead atoms. The zero-order chi connectivity index (χ0) is 11.9. The molecular formula is C9H5ClF2N2O2. The fourth-order valence-electron chi connectivity index (χ4n) is 1.42. The number of carboxylic acids is 1. The molecular weight excluding hydrogens is 242 g/mol. The maximum absolute atomic E-state index is 12.6. The van der Waals surface area contributed by atoms with Crippen LogP contribution in [0.1, 0.15) is 22.6 Å². The predicted molar refractivity (Wildman–Crippen MR) is 52.1 cm³/mol. The molecule has 0 aliphatic rings. The summed E-state index contributed by atoms with van der Waals surface area (Å²) in [6, 6.07) is 2.91. The summed E-state index contributed by atoms with van der Waals surface area (Å²) in [5.41, 5.74) is -1.33. The number of alkyl halides is 2. The van der Waals surface area contributed by atoms with Crippen molar-refractivity contribution in [2.24, 2.45) is 0 Å². The summed E-state index contributed by atoms with van der Waals surface area (Å²) in [6.45, 7) is 0. The van der Waals surface area contributed by atoms with E-state index in [4.69, 9.17) is 16.7 Å². The minimum Gasteiger partial charge on any atom is -0.476 e. The van der Waals surface area contributed by atoms with E-state index in [-0.39, 0.29) is 10.7 Å². The first kappa shape index (κ1) is 10.8. The lowest BCUT2D eigenvalue weighted by Crippen LogP contribution is -2.05. The molecule has 2 aromatic heterocycles. The van der Waals surface area contributed by atoms with E-state index in [1.807, 2.05) is 0 Å². The number of hydrogen-bond donors (Lipinski definition) is 1. The van der Waals surface area contributed by atoms with Crippen molar-refractivity contribution in [1.82, 2.24) is 9.38 Å². The van der Waals surface area contributed by atoms with Crippen LogP contribution >= 0.6 is 11.6 Å². The molecule has 0 atom stereocenters. The lowest BCUT2D eigenvalue weighted by atomic mass is 10.3. The van der Waals surface area contributed by atoms with Gasteiger partial charge in [0.05, 0.1) is 5.02 Å². The first-order chi connectivity index (χ1) is 7.52. The molecule has 0 aliphatic heterocycles. The smallest absolute Gasteiger partial charge is 0.355 e. The Morgan fingerprint density at radius 3 is 2.81 bits per heavy atom. The van der Waals surface area contributed by atoms with Crippen LogP contribution in [0.5, 0.6) is 0 Å². The van der Waals surface area contributed by atoms with Gasteiger partial charge in [-0.25, -0.2) is 18.6 Å². The Morgan fingerprint density at radius 1 is 1.56 bits per heavy atom. The number of nitrogens with zero attached hydrogens (tertiary/aromatic N) is 2. The minimum atomic E-state index is -2.96. The molecule has 0 unspecified atom stereocenters. The van der Waals surface area contributed by atoms with Crippen LogP contribution in [0.3, 0.4) is 0 Å². The van der Waals surface area contributed by atoms with E-state index in [0.717, 1.165) is 4.40 Å². The average Bonchev–Trinajstić information content (AvgIpc) is 2.58. The van der Waals surface area contributed by atoms with Gasteiger partial charge in [-0.15, -0.1) is 0 Å². The van der Waals surface area contributed by atoms with Crippen LogP contribution < -0.4 is 0 Å². The Hall–Kier alpha value is -1.69. The molecule has 0 aromatic carbocycles. The number of pyridine rings is 1. The molecule has 2 heterocycles. The normalized spacial score (nSPS) is 11.2. The number of hydrogen-bond acceptors (Lipinski definition) is 2. The van der Waals surface area contributed by atoms with Crippen molar-refractivity contribution in [3.8, 4) is 0 Å². The second-order valence-electron chi connectivity index (χ2n) is 3.00. The largest absolute Gasteiger partial charge is 0.476 e. The van der Waals surface area contributed by atoms with E-state index in [1.165, 1.54) is 18.3 Å². The van der Waals surface area contributed by atoms with Crippen LogP contribution in [0.25, 0.3) is 5.65 Å². The van der Waals surface area contributed by atoms with Gasteiger partial charge in [0.25, 0.3) is 6.43 Å². The average molecular weight is 247 g/mol. The summed E-state index contributed by atoms with van der Waals surface area (Å²) in [6.07, 6.45) is -1.63. The molecule has 0 spiro atoms. The number of imidazole rings is 1. The molecule has 0 radical (unpaired) electrons. The molecule has 0 saturated carbocycles. The molecule has 16 heavy (non-hydrogen) atoms. The summed E-state index contributed by atoms with van der Waals surface area (Å²) in [4.78, 5) is 14.4. The molecule has 4 nitrogen and oxygen atoms in total. The molecule has 0 amide bonds. The molecule has 0 saturated heterocycles. The minimum absolute atomic E-state index is 0.0110. The lowest BCUT2D eigenvalue weighted by Gasteiger charge is -1.98. The highest BCUT2D eigenvalue weighted by atomic mass is 35.5. The molecule has 7 heteroatoms. The van der Waals surface area contributed by atoms with Gasteiger partial charge in [-0.1, -0.05) is 11.6 Å². The molecule has 2 aromatic rings. The Balaban J connectivity index is 2.86. The summed E-state index contributed by atoms with van der Waals surface area (Å²) < 4.78 is 26.2. The predicted octanol–water partition coefficient (Wildman–Crippen LogP) is 2.62. The number of carboxylic acid groups (broad SMARTS) is 1.